The van der Waals surface area contributed by atoms with Crippen molar-refractivity contribution in [2.45, 2.75) is 32.0 Å². The molecule has 0 aliphatic heterocycles. The van der Waals surface area contributed by atoms with E-state index in [2.05, 4.69) is 5.32 Å². The van der Waals surface area contributed by atoms with Crippen molar-refractivity contribution in [1.29, 1.82) is 0 Å². The summed E-state index contributed by atoms with van der Waals surface area (Å²) in [6, 6.07) is 7.69. The molecule has 0 aliphatic carbocycles. The highest BCUT2D eigenvalue weighted by atomic mass is 32.1. The number of amides is 1. The Hall–Kier alpha value is -1.76. The number of rotatable bonds is 7. The minimum absolute atomic E-state index is 0.0687. The topological polar surface area (TPSA) is 75.3 Å². The summed E-state index contributed by atoms with van der Waals surface area (Å²) < 4.78 is 12.9. The van der Waals surface area contributed by atoms with E-state index in [-0.39, 0.29) is 11.9 Å². The number of benzene rings is 1. The van der Waals surface area contributed by atoms with Gasteiger partial charge in [0.05, 0.1) is 11.7 Å². The van der Waals surface area contributed by atoms with Crippen LogP contribution < -0.4 is 11.1 Å². The lowest BCUT2D eigenvalue weighted by Gasteiger charge is -2.18. The molecule has 2 unspecified atom stereocenters. The Bertz CT molecular complexity index is 627. The van der Waals surface area contributed by atoms with Crippen LogP contribution in [0.15, 0.2) is 35.7 Å². The highest BCUT2D eigenvalue weighted by Crippen LogP contribution is 2.19. The summed E-state index contributed by atoms with van der Waals surface area (Å²) >= 11 is 1.47. The van der Waals surface area contributed by atoms with Crippen molar-refractivity contribution >= 4 is 17.2 Å². The molecule has 22 heavy (non-hydrogen) atoms. The van der Waals surface area contributed by atoms with E-state index in [1.165, 1.54) is 23.5 Å². The van der Waals surface area contributed by atoms with E-state index in [9.17, 15) is 14.3 Å². The molecule has 6 heteroatoms. The monoisotopic (exact) mass is 322 g/mol. The predicted molar refractivity (Wildman–Crippen MR) is 85.1 cm³/mol. The average molecular weight is 322 g/mol. The van der Waals surface area contributed by atoms with Crippen molar-refractivity contribution in [3.8, 4) is 0 Å². The average Bonchev–Trinajstić information content (AvgIpc) is 2.95. The molecule has 1 heterocycles. The molecule has 2 atom stereocenters. The molecule has 2 aromatic rings. The third kappa shape index (κ3) is 4.62. The van der Waals surface area contributed by atoms with Crippen LogP contribution in [-0.2, 0) is 6.54 Å². The van der Waals surface area contributed by atoms with Gasteiger partial charge >= 0.3 is 0 Å². The van der Waals surface area contributed by atoms with Crippen molar-refractivity contribution in [3.63, 3.8) is 0 Å². The second-order valence-corrected chi connectivity index (χ2v) is 6.25. The Labute approximate surface area is 132 Å². The number of thiophene rings is 1. The molecule has 4 nitrogen and oxygen atoms in total. The minimum Gasteiger partial charge on any atom is -0.388 e. The molecular formula is C16H19FN2O2S. The number of nitrogens with two attached hydrogens (primary N) is 1. The normalized spacial score (nSPS) is 13.8. The summed E-state index contributed by atoms with van der Waals surface area (Å²) in [6.45, 7) is 2.57. The summed E-state index contributed by atoms with van der Waals surface area (Å²) in [7, 11) is 0. The predicted octanol–water partition coefficient (Wildman–Crippen LogP) is 2.59. The molecule has 0 radical (unpaired) electrons. The summed E-state index contributed by atoms with van der Waals surface area (Å²) in [4.78, 5) is 12.0. The fraction of sp³-hybridized carbons (Fsp3) is 0.312. The van der Waals surface area contributed by atoms with Crippen LogP contribution in [0.5, 0.6) is 0 Å². The Morgan fingerprint density at radius 2 is 2.09 bits per heavy atom. The lowest BCUT2D eigenvalue weighted by atomic mass is 10.0. The van der Waals surface area contributed by atoms with Gasteiger partial charge in [0.25, 0.3) is 0 Å². The van der Waals surface area contributed by atoms with Gasteiger partial charge in [0.1, 0.15) is 5.82 Å². The van der Waals surface area contributed by atoms with Gasteiger partial charge < -0.3 is 16.2 Å². The zero-order valence-electron chi connectivity index (χ0n) is 12.3. The van der Waals surface area contributed by atoms with Crippen LogP contribution in [0.4, 0.5) is 4.39 Å². The number of aliphatic hydroxyl groups excluding tert-OH is 1. The summed E-state index contributed by atoms with van der Waals surface area (Å²) in [6.07, 6.45) is -0.132. The second-order valence-electron chi connectivity index (χ2n) is 5.25. The molecule has 1 aromatic carbocycles. The SMILES string of the molecule is CC(CC(O)c1ccc(F)cc1)NCc1cc(C(N)=O)cs1. The van der Waals surface area contributed by atoms with Crippen LogP contribution in [0.25, 0.3) is 0 Å². The summed E-state index contributed by atoms with van der Waals surface area (Å²) in [5.74, 6) is -0.743. The summed E-state index contributed by atoms with van der Waals surface area (Å²) in [5, 5.41) is 15.2. The van der Waals surface area contributed by atoms with Gasteiger partial charge in [0.2, 0.25) is 5.91 Å². The number of hydrogen-bond donors (Lipinski definition) is 3. The zero-order chi connectivity index (χ0) is 16.1. The number of nitrogens with one attached hydrogen (secondary N) is 1. The standard InChI is InChI=1S/C16H19FN2O2S/c1-10(6-15(20)11-2-4-13(17)5-3-11)19-8-14-7-12(9-22-14)16(18)21/h2-5,7,9-10,15,19-20H,6,8H2,1H3,(H2,18,21). The van der Waals surface area contributed by atoms with E-state index in [1.807, 2.05) is 6.92 Å². The lowest BCUT2D eigenvalue weighted by molar-refractivity contribution is 0.100. The first-order valence-corrected chi connectivity index (χ1v) is 7.88. The number of primary amides is 1. The number of carbonyl (C=O) groups is 1. The maximum Gasteiger partial charge on any atom is 0.249 e. The number of carbonyl (C=O) groups excluding carboxylic acids is 1. The maximum absolute atomic E-state index is 12.9. The maximum atomic E-state index is 12.9. The Morgan fingerprint density at radius 1 is 1.41 bits per heavy atom. The zero-order valence-corrected chi connectivity index (χ0v) is 13.1. The molecule has 0 bridgehead atoms. The largest absolute Gasteiger partial charge is 0.388 e. The number of aliphatic hydroxyl groups is 1. The highest BCUT2D eigenvalue weighted by Gasteiger charge is 2.13. The minimum atomic E-state index is -0.646. The molecule has 118 valence electrons. The van der Waals surface area contributed by atoms with Gasteiger partial charge in [-0.2, -0.15) is 0 Å². The van der Waals surface area contributed by atoms with Crippen molar-refractivity contribution in [2.75, 3.05) is 0 Å². The van der Waals surface area contributed by atoms with Crippen LogP contribution in [0.3, 0.4) is 0 Å². The first-order valence-electron chi connectivity index (χ1n) is 7.00. The van der Waals surface area contributed by atoms with Gasteiger partial charge in [-0.3, -0.25) is 4.79 Å². The lowest BCUT2D eigenvalue weighted by Crippen LogP contribution is -2.27. The Morgan fingerprint density at radius 3 is 2.68 bits per heavy atom. The van der Waals surface area contributed by atoms with Gasteiger partial charge in [-0.05, 0) is 37.1 Å². The molecule has 2 rings (SSSR count). The van der Waals surface area contributed by atoms with Gasteiger partial charge in [0, 0.05) is 22.8 Å². The number of halogens is 1. The first kappa shape index (κ1) is 16.6. The van der Waals surface area contributed by atoms with E-state index in [0.29, 0.717) is 24.1 Å². The quantitative estimate of drug-likeness (QED) is 0.733. The Balaban J connectivity index is 1.82. The van der Waals surface area contributed by atoms with Crippen molar-refractivity contribution in [3.05, 3.63) is 57.5 Å². The number of hydrogen-bond acceptors (Lipinski definition) is 4. The second kappa shape index (κ2) is 7.49. The van der Waals surface area contributed by atoms with Crippen LogP contribution in [0.2, 0.25) is 0 Å². The fourth-order valence-electron chi connectivity index (χ4n) is 2.12. The molecular weight excluding hydrogens is 303 g/mol. The molecule has 0 fully saturated rings. The van der Waals surface area contributed by atoms with Crippen molar-refractivity contribution in [2.24, 2.45) is 5.73 Å². The molecule has 1 aromatic heterocycles. The molecule has 0 saturated heterocycles. The van der Waals surface area contributed by atoms with Gasteiger partial charge in [0.15, 0.2) is 0 Å². The third-order valence-corrected chi connectivity index (χ3v) is 4.33. The van der Waals surface area contributed by atoms with Crippen LogP contribution in [-0.4, -0.2) is 17.1 Å². The van der Waals surface area contributed by atoms with Gasteiger partial charge in [-0.15, -0.1) is 11.3 Å². The highest BCUT2D eigenvalue weighted by molar-refractivity contribution is 7.10. The van der Waals surface area contributed by atoms with Crippen LogP contribution in [0.1, 0.15) is 40.2 Å². The van der Waals surface area contributed by atoms with E-state index in [1.54, 1.807) is 23.6 Å². The first-order chi connectivity index (χ1) is 10.5. The van der Waals surface area contributed by atoms with E-state index in [4.69, 9.17) is 5.73 Å². The third-order valence-electron chi connectivity index (χ3n) is 3.39. The van der Waals surface area contributed by atoms with Crippen LogP contribution in [0, 0.1) is 5.82 Å². The smallest absolute Gasteiger partial charge is 0.249 e. The fourth-order valence-corrected chi connectivity index (χ4v) is 2.94. The molecule has 1 amide bonds. The van der Waals surface area contributed by atoms with E-state index < -0.39 is 12.0 Å². The molecule has 0 saturated carbocycles. The van der Waals surface area contributed by atoms with Crippen LogP contribution >= 0.6 is 11.3 Å². The van der Waals surface area contributed by atoms with Crippen molar-refractivity contribution < 1.29 is 14.3 Å². The summed E-state index contributed by atoms with van der Waals surface area (Å²) in [5.41, 5.74) is 6.42. The van der Waals surface area contributed by atoms with E-state index >= 15 is 0 Å². The molecule has 0 aliphatic rings. The molecule has 0 spiro atoms. The van der Waals surface area contributed by atoms with E-state index in [0.717, 1.165) is 4.88 Å². The Kier molecular flexibility index (Phi) is 5.65. The molecule has 4 N–H and O–H groups in total. The van der Waals surface area contributed by atoms with Crippen molar-refractivity contribution in [1.82, 2.24) is 5.32 Å². The van der Waals surface area contributed by atoms with Gasteiger partial charge in [-0.25, -0.2) is 4.39 Å². The van der Waals surface area contributed by atoms with Gasteiger partial charge in [-0.1, -0.05) is 12.1 Å².